The van der Waals surface area contributed by atoms with Gasteiger partial charge in [0.15, 0.2) is 0 Å². The van der Waals surface area contributed by atoms with Crippen molar-refractivity contribution in [3.05, 3.63) is 92.0 Å². The first-order chi connectivity index (χ1) is 15.3. The second-order valence-corrected chi connectivity index (χ2v) is 7.17. The Morgan fingerprint density at radius 3 is 1.38 bits per heavy atom. The molecule has 2 aromatic carbocycles. The van der Waals surface area contributed by atoms with Gasteiger partial charge in [-0.2, -0.15) is 0 Å². The fraction of sp³-hybridized carbons (Fsp3) is 0.273. The van der Waals surface area contributed by atoms with E-state index in [2.05, 4.69) is 0 Å². The van der Waals surface area contributed by atoms with E-state index in [1.54, 1.807) is 24.3 Å². The van der Waals surface area contributed by atoms with Crippen LogP contribution in [-0.2, 0) is 19.1 Å². The summed E-state index contributed by atoms with van der Waals surface area (Å²) in [5, 5.41) is 23.2. The van der Waals surface area contributed by atoms with Gasteiger partial charge in [0.1, 0.15) is 0 Å². The van der Waals surface area contributed by atoms with Crippen molar-refractivity contribution in [2.75, 3.05) is 14.2 Å². The number of carbonyl (C=O) groups is 2. The minimum absolute atomic E-state index is 0.219. The highest BCUT2D eigenvalue weighted by atomic mass is 16.6. The number of hydrogen-bond acceptors (Lipinski definition) is 8. The molecule has 10 heteroatoms. The summed E-state index contributed by atoms with van der Waals surface area (Å²) >= 11 is 0. The highest BCUT2D eigenvalue weighted by Gasteiger charge is 2.49. The van der Waals surface area contributed by atoms with Gasteiger partial charge in [-0.1, -0.05) is 48.6 Å². The van der Waals surface area contributed by atoms with Gasteiger partial charge in [0.2, 0.25) is 0 Å². The fourth-order valence-electron chi connectivity index (χ4n) is 4.25. The normalized spacial score (nSPS) is 22.1. The molecule has 2 aromatic rings. The average molecular weight is 440 g/mol. The third-order valence-corrected chi connectivity index (χ3v) is 5.62. The van der Waals surface area contributed by atoms with Gasteiger partial charge in [-0.15, -0.1) is 0 Å². The smallest absolute Gasteiger partial charge is 0.310 e. The van der Waals surface area contributed by atoms with Crippen molar-refractivity contribution in [3.63, 3.8) is 0 Å². The summed E-state index contributed by atoms with van der Waals surface area (Å²) in [5.41, 5.74) is 0.00532. The zero-order valence-electron chi connectivity index (χ0n) is 17.2. The summed E-state index contributed by atoms with van der Waals surface area (Å²) in [4.78, 5) is 47.8. The van der Waals surface area contributed by atoms with Crippen LogP contribution in [0, 0.1) is 32.1 Å². The number of para-hydroxylation sites is 2. The molecule has 10 nitrogen and oxygen atoms in total. The van der Waals surface area contributed by atoms with Crippen LogP contribution in [0.1, 0.15) is 23.0 Å². The molecule has 32 heavy (non-hydrogen) atoms. The molecule has 0 bridgehead atoms. The number of rotatable bonds is 6. The monoisotopic (exact) mass is 440 g/mol. The first kappa shape index (κ1) is 22.6. The molecule has 0 heterocycles. The van der Waals surface area contributed by atoms with Crippen LogP contribution in [0.5, 0.6) is 0 Å². The van der Waals surface area contributed by atoms with Crippen molar-refractivity contribution in [1.82, 2.24) is 0 Å². The quantitative estimate of drug-likeness (QED) is 0.288. The zero-order chi connectivity index (χ0) is 23.4. The van der Waals surface area contributed by atoms with Crippen LogP contribution >= 0.6 is 0 Å². The van der Waals surface area contributed by atoms with E-state index in [0.717, 1.165) is 14.2 Å². The molecule has 1 aliphatic carbocycles. The van der Waals surface area contributed by atoms with E-state index in [-0.39, 0.29) is 22.5 Å². The molecule has 1 aliphatic rings. The van der Waals surface area contributed by atoms with E-state index in [9.17, 15) is 29.8 Å². The van der Waals surface area contributed by atoms with E-state index in [1.165, 1.54) is 36.4 Å². The third kappa shape index (κ3) is 4.07. The number of allylic oxidation sites excluding steroid dienone is 2. The van der Waals surface area contributed by atoms with Crippen LogP contribution in [0.2, 0.25) is 0 Å². The van der Waals surface area contributed by atoms with Crippen molar-refractivity contribution in [1.29, 1.82) is 0 Å². The number of esters is 2. The number of nitro benzene ring substituents is 2. The van der Waals surface area contributed by atoms with E-state index in [0.29, 0.717) is 0 Å². The first-order valence-electron chi connectivity index (χ1n) is 9.62. The van der Waals surface area contributed by atoms with Crippen molar-refractivity contribution in [2.24, 2.45) is 11.8 Å². The third-order valence-electron chi connectivity index (χ3n) is 5.62. The second-order valence-electron chi connectivity index (χ2n) is 7.17. The number of hydrogen-bond donors (Lipinski definition) is 0. The number of nitrogens with zero attached hydrogens (tertiary/aromatic N) is 2. The highest BCUT2D eigenvalue weighted by Crippen LogP contribution is 2.48. The lowest BCUT2D eigenvalue weighted by atomic mass is 9.66. The van der Waals surface area contributed by atoms with Gasteiger partial charge in [-0.05, 0) is 0 Å². The van der Waals surface area contributed by atoms with Crippen molar-refractivity contribution in [2.45, 2.75) is 11.8 Å². The second kappa shape index (κ2) is 9.38. The number of methoxy groups -OCH3 is 2. The molecule has 166 valence electrons. The van der Waals surface area contributed by atoms with Crippen LogP contribution in [0.15, 0.2) is 60.7 Å². The lowest BCUT2D eigenvalue weighted by Crippen LogP contribution is -2.41. The lowest BCUT2D eigenvalue weighted by Gasteiger charge is -2.36. The predicted molar refractivity (Wildman–Crippen MR) is 112 cm³/mol. The lowest BCUT2D eigenvalue weighted by molar-refractivity contribution is -0.386. The Bertz CT molecular complexity index is 1010. The summed E-state index contributed by atoms with van der Waals surface area (Å²) < 4.78 is 9.89. The fourth-order valence-corrected chi connectivity index (χ4v) is 4.25. The molecule has 0 spiro atoms. The average Bonchev–Trinajstić information content (AvgIpc) is 2.81. The summed E-state index contributed by atoms with van der Waals surface area (Å²) in [6, 6.07) is 11.8. The molecular weight excluding hydrogens is 420 g/mol. The van der Waals surface area contributed by atoms with Crippen LogP contribution < -0.4 is 0 Å². The molecule has 0 radical (unpaired) electrons. The van der Waals surface area contributed by atoms with Gasteiger partial charge in [-0.3, -0.25) is 29.8 Å². The Labute approximate surface area is 182 Å². The van der Waals surface area contributed by atoms with Gasteiger partial charge in [-0.25, -0.2) is 0 Å². The Balaban J connectivity index is 2.25. The summed E-state index contributed by atoms with van der Waals surface area (Å²) in [5.74, 6) is -5.74. The highest BCUT2D eigenvalue weighted by molar-refractivity contribution is 5.85. The van der Waals surface area contributed by atoms with E-state index < -0.39 is 45.5 Å². The molecule has 0 aromatic heterocycles. The maximum Gasteiger partial charge on any atom is 0.310 e. The molecular formula is C22H20N2O8. The molecule has 0 aliphatic heterocycles. The van der Waals surface area contributed by atoms with Crippen LogP contribution in [0.25, 0.3) is 0 Å². The maximum absolute atomic E-state index is 12.9. The summed E-state index contributed by atoms with van der Waals surface area (Å²) in [6.07, 6.45) is 3.12. The SMILES string of the molecule is COC(=O)[C@@H]1[C@H](C(=O)OC)[C@H](c2ccccc2[N+](=O)[O-])C=C[C@@H]1c1ccccc1[N+](=O)[O-]. The molecule has 0 unspecified atom stereocenters. The Morgan fingerprint density at radius 1 is 0.719 bits per heavy atom. The van der Waals surface area contributed by atoms with Gasteiger partial charge in [0.25, 0.3) is 11.4 Å². The Hall–Kier alpha value is -4.08. The van der Waals surface area contributed by atoms with E-state index >= 15 is 0 Å². The van der Waals surface area contributed by atoms with Crippen molar-refractivity contribution >= 4 is 23.3 Å². The molecule has 0 saturated heterocycles. The molecule has 4 atom stereocenters. The molecule has 0 saturated carbocycles. The molecule has 0 N–H and O–H groups in total. The maximum atomic E-state index is 12.9. The topological polar surface area (TPSA) is 139 Å². The number of carbonyl (C=O) groups excluding carboxylic acids is 2. The summed E-state index contributed by atoms with van der Waals surface area (Å²) in [7, 11) is 2.29. The Kier molecular flexibility index (Phi) is 6.62. The minimum atomic E-state index is -1.21. The zero-order valence-corrected chi connectivity index (χ0v) is 17.2. The predicted octanol–water partition coefficient (Wildman–Crippen LogP) is 3.52. The molecule has 0 fully saturated rings. The number of benzene rings is 2. The summed E-state index contributed by atoms with van der Waals surface area (Å²) in [6.45, 7) is 0. The van der Waals surface area contributed by atoms with Crippen LogP contribution in [0.3, 0.4) is 0 Å². The Morgan fingerprint density at radius 2 is 1.06 bits per heavy atom. The molecule has 0 amide bonds. The largest absolute Gasteiger partial charge is 0.469 e. The molecule has 3 rings (SSSR count). The van der Waals surface area contributed by atoms with Gasteiger partial charge in [0, 0.05) is 35.1 Å². The van der Waals surface area contributed by atoms with E-state index in [4.69, 9.17) is 9.47 Å². The first-order valence-corrected chi connectivity index (χ1v) is 9.62. The van der Waals surface area contributed by atoms with Crippen LogP contribution in [-0.4, -0.2) is 36.0 Å². The van der Waals surface area contributed by atoms with Gasteiger partial charge in [0.05, 0.1) is 35.9 Å². The minimum Gasteiger partial charge on any atom is -0.469 e. The number of ether oxygens (including phenoxy) is 2. The van der Waals surface area contributed by atoms with Gasteiger partial charge < -0.3 is 9.47 Å². The van der Waals surface area contributed by atoms with Gasteiger partial charge >= 0.3 is 11.9 Å². The standard InChI is InChI=1S/C22H20N2O8/c1-31-21(25)19-15(13-7-3-5-9-17(13)23(27)28)11-12-16(20(19)22(26)32-2)14-8-4-6-10-18(14)24(29)30/h3-12,15-16,19-20H,1-2H3/t15-,16+,19+,20-. The van der Waals surface area contributed by atoms with E-state index in [1.807, 2.05) is 0 Å². The number of nitro groups is 2. The van der Waals surface area contributed by atoms with Crippen molar-refractivity contribution in [3.8, 4) is 0 Å². The van der Waals surface area contributed by atoms with Crippen molar-refractivity contribution < 1.29 is 28.9 Å². The van der Waals surface area contributed by atoms with Crippen LogP contribution in [0.4, 0.5) is 11.4 Å².